The molecule has 0 unspecified atom stereocenters. The van der Waals surface area contributed by atoms with E-state index in [9.17, 15) is 15.2 Å². The second kappa shape index (κ2) is 8.55. The van der Waals surface area contributed by atoms with Gasteiger partial charge in [0.15, 0.2) is 11.5 Å². The molecule has 2 aromatic rings. The highest BCUT2D eigenvalue weighted by Crippen LogP contribution is 2.31. The first-order valence-corrected chi connectivity index (χ1v) is 7.99. The van der Waals surface area contributed by atoms with Gasteiger partial charge in [0.2, 0.25) is 0 Å². The average molecular weight is 336 g/mol. The minimum atomic E-state index is -0.500. The van der Waals surface area contributed by atoms with E-state index in [0.717, 1.165) is 5.56 Å². The van der Waals surface area contributed by atoms with Crippen molar-refractivity contribution in [3.05, 3.63) is 65.2 Å². The molecule has 0 bridgehead atoms. The Kier molecular flexibility index (Phi) is 6.19. The van der Waals surface area contributed by atoms with Gasteiger partial charge >= 0.3 is 0 Å². The van der Waals surface area contributed by atoms with Crippen LogP contribution in [0.15, 0.2) is 54.1 Å². The van der Waals surface area contributed by atoms with Crippen molar-refractivity contribution in [2.75, 3.05) is 6.61 Å². The molecule has 25 heavy (non-hydrogen) atoms. The maximum Gasteiger partial charge on any atom is 0.262 e. The third kappa shape index (κ3) is 4.61. The van der Waals surface area contributed by atoms with Crippen molar-refractivity contribution in [1.82, 2.24) is 5.32 Å². The molecule has 0 aromatic heterocycles. The lowest BCUT2D eigenvalue weighted by atomic mass is 10.1. The van der Waals surface area contributed by atoms with Crippen LogP contribution in [0.5, 0.6) is 11.5 Å². The molecule has 2 aromatic carbocycles. The number of hydrogen-bond donors (Lipinski definition) is 2. The summed E-state index contributed by atoms with van der Waals surface area (Å²) in [6, 6.07) is 16.0. The number of aromatic hydroxyl groups is 1. The summed E-state index contributed by atoms with van der Waals surface area (Å²) < 4.78 is 5.31. The normalized spacial score (nSPS) is 12.1. The molecule has 1 amide bonds. The van der Waals surface area contributed by atoms with Crippen LogP contribution in [0.3, 0.4) is 0 Å². The van der Waals surface area contributed by atoms with Crippen molar-refractivity contribution >= 4 is 12.0 Å². The van der Waals surface area contributed by atoms with Crippen LogP contribution in [0.4, 0.5) is 0 Å². The van der Waals surface area contributed by atoms with E-state index in [0.29, 0.717) is 17.9 Å². The standard InChI is InChI=1S/C20H20N2O3/c1-3-25-18-11-7-10-16(19(18)23)12-17(13-21)20(24)22-14(2)15-8-5-4-6-9-15/h4-12,14,23H,3H2,1-2H3,(H,22,24)/b17-12-/t14-/m0/s1. The van der Waals surface area contributed by atoms with Crippen molar-refractivity contribution in [2.24, 2.45) is 0 Å². The summed E-state index contributed by atoms with van der Waals surface area (Å²) in [5, 5.41) is 22.3. The zero-order valence-electron chi connectivity index (χ0n) is 14.2. The van der Waals surface area contributed by atoms with Gasteiger partial charge in [0.1, 0.15) is 11.6 Å². The molecule has 5 nitrogen and oxygen atoms in total. The first-order chi connectivity index (χ1) is 12.1. The number of para-hydroxylation sites is 1. The molecule has 2 rings (SSSR count). The predicted molar refractivity (Wildman–Crippen MR) is 95.9 cm³/mol. The summed E-state index contributed by atoms with van der Waals surface area (Å²) in [6.45, 7) is 4.05. The van der Waals surface area contributed by atoms with Gasteiger partial charge in [-0.25, -0.2) is 0 Å². The van der Waals surface area contributed by atoms with E-state index in [1.54, 1.807) is 25.1 Å². The van der Waals surface area contributed by atoms with Gasteiger partial charge in [0.05, 0.1) is 12.6 Å². The molecule has 128 valence electrons. The van der Waals surface area contributed by atoms with Gasteiger partial charge < -0.3 is 15.2 Å². The first kappa shape index (κ1) is 18.1. The van der Waals surface area contributed by atoms with Crippen LogP contribution in [-0.4, -0.2) is 17.6 Å². The molecule has 0 saturated heterocycles. The number of nitriles is 1. The minimum Gasteiger partial charge on any atom is -0.504 e. The average Bonchev–Trinajstić information content (AvgIpc) is 2.63. The fourth-order valence-electron chi connectivity index (χ4n) is 2.33. The number of carbonyl (C=O) groups excluding carboxylic acids is 1. The molecule has 0 aliphatic carbocycles. The van der Waals surface area contributed by atoms with Crippen LogP contribution in [-0.2, 0) is 4.79 Å². The number of carbonyl (C=O) groups is 1. The Labute approximate surface area is 147 Å². The number of ether oxygens (including phenoxy) is 1. The van der Waals surface area contributed by atoms with Crippen LogP contribution < -0.4 is 10.1 Å². The van der Waals surface area contributed by atoms with Crippen LogP contribution in [0, 0.1) is 11.3 Å². The van der Waals surface area contributed by atoms with E-state index in [1.165, 1.54) is 6.08 Å². The van der Waals surface area contributed by atoms with Crippen LogP contribution in [0.1, 0.15) is 31.0 Å². The number of rotatable bonds is 6. The molecule has 0 radical (unpaired) electrons. The topological polar surface area (TPSA) is 82.3 Å². The summed E-state index contributed by atoms with van der Waals surface area (Å²) in [5.74, 6) is -0.285. The summed E-state index contributed by atoms with van der Waals surface area (Å²) in [4.78, 5) is 12.4. The van der Waals surface area contributed by atoms with E-state index >= 15 is 0 Å². The van der Waals surface area contributed by atoms with E-state index in [4.69, 9.17) is 4.74 Å². The van der Waals surface area contributed by atoms with E-state index < -0.39 is 5.91 Å². The first-order valence-electron chi connectivity index (χ1n) is 7.99. The molecule has 0 saturated carbocycles. The molecule has 0 aliphatic heterocycles. The Balaban J connectivity index is 2.21. The summed E-state index contributed by atoms with van der Waals surface area (Å²) in [5.41, 5.74) is 1.20. The molecular formula is C20H20N2O3. The Morgan fingerprint density at radius 2 is 2.00 bits per heavy atom. The summed E-state index contributed by atoms with van der Waals surface area (Å²) in [7, 11) is 0. The molecule has 2 N–H and O–H groups in total. The lowest BCUT2D eigenvalue weighted by Crippen LogP contribution is -2.27. The molecule has 1 atom stereocenters. The van der Waals surface area contributed by atoms with Gasteiger partial charge in [0.25, 0.3) is 5.91 Å². The monoisotopic (exact) mass is 336 g/mol. The molecular weight excluding hydrogens is 316 g/mol. The predicted octanol–water partition coefficient (Wildman–Crippen LogP) is 3.58. The second-order valence-electron chi connectivity index (χ2n) is 5.40. The van der Waals surface area contributed by atoms with Gasteiger partial charge in [-0.05, 0) is 31.6 Å². The van der Waals surface area contributed by atoms with Gasteiger partial charge in [0, 0.05) is 5.56 Å². The fourth-order valence-corrected chi connectivity index (χ4v) is 2.33. The van der Waals surface area contributed by atoms with E-state index in [2.05, 4.69) is 5.32 Å². The maximum atomic E-state index is 12.4. The Morgan fingerprint density at radius 3 is 2.64 bits per heavy atom. The van der Waals surface area contributed by atoms with Gasteiger partial charge in [-0.3, -0.25) is 4.79 Å². The third-order valence-corrected chi connectivity index (χ3v) is 3.64. The number of nitrogens with one attached hydrogen (secondary N) is 1. The summed E-state index contributed by atoms with van der Waals surface area (Å²) >= 11 is 0. The highest BCUT2D eigenvalue weighted by Gasteiger charge is 2.15. The smallest absolute Gasteiger partial charge is 0.262 e. The highest BCUT2D eigenvalue weighted by atomic mass is 16.5. The zero-order chi connectivity index (χ0) is 18.2. The largest absolute Gasteiger partial charge is 0.504 e. The van der Waals surface area contributed by atoms with Gasteiger partial charge in [-0.15, -0.1) is 0 Å². The number of benzene rings is 2. The molecule has 0 aliphatic rings. The van der Waals surface area contributed by atoms with E-state index in [1.807, 2.05) is 43.3 Å². The summed E-state index contributed by atoms with van der Waals surface area (Å²) in [6.07, 6.45) is 1.35. The minimum absolute atomic E-state index is 0.0910. The number of phenols is 1. The van der Waals surface area contributed by atoms with Crippen molar-refractivity contribution in [1.29, 1.82) is 5.26 Å². The maximum absolute atomic E-state index is 12.4. The molecule has 0 spiro atoms. The van der Waals surface area contributed by atoms with E-state index in [-0.39, 0.29) is 17.4 Å². The fraction of sp³-hybridized carbons (Fsp3) is 0.200. The third-order valence-electron chi connectivity index (χ3n) is 3.64. The van der Waals surface area contributed by atoms with Crippen molar-refractivity contribution < 1.29 is 14.6 Å². The van der Waals surface area contributed by atoms with Gasteiger partial charge in [-0.2, -0.15) is 5.26 Å². The Morgan fingerprint density at radius 1 is 1.28 bits per heavy atom. The Bertz CT molecular complexity index is 807. The molecule has 0 fully saturated rings. The molecule has 5 heteroatoms. The Hall–Kier alpha value is -3.26. The van der Waals surface area contributed by atoms with Crippen molar-refractivity contribution in [3.63, 3.8) is 0 Å². The lowest BCUT2D eigenvalue weighted by molar-refractivity contribution is -0.117. The van der Waals surface area contributed by atoms with Crippen molar-refractivity contribution in [3.8, 4) is 17.6 Å². The number of amides is 1. The second-order valence-corrected chi connectivity index (χ2v) is 5.40. The quantitative estimate of drug-likeness (QED) is 0.624. The van der Waals surface area contributed by atoms with Crippen LogP contribution >= 0.6 is 0 Å². The SMILES string of the molecule is CCOc1cccc(/C=C(/C#N)C(=O)N[C@@H](C)c2ccccc2)c1O. The number of hydrogen-bond acceptors (Lipinski definition) is 4. The van der Waals surface area contributed by atoms with Crippen LogP contribution in [0.2, 0.25) is 0 Å². The van der Waals surface area contributed by atoms with Crippen LogP contribution in [0.25, 0.3) is 6.08 Å². The molecule has 0 heterocycles. The lowest BCUT2D eigenvalue weighted by Gasteiger charge is -2.14. The highest BCUT2D eigenvalue weighted by molar-refractivity contribution is 6.02. The van der Waals surface area contributed by atoms with Crippen molar-refractivity contribution in [2.45, 2.75) is 19.9 Å². The number of nitrogens with zero attached hydrogens (tertiary/aromatic N) is 1. The number of phenolic OH excluding ortho intramolecular Hbond substituents is 1. The zero-order valence-corrected chi connectivity index (χ0v) is 14.2. The van der Waals surface area contributed by atoms with Gasteiger partial charge in [-0.1, -0.05) is 42.5 Å².